The van der Waals surface area contributed by atoms with E-state index in [9.17, 15) is 4.79 Å². The molecule has 0 atom stereocenters. The topological polar surface area (TPSA) is 72.7 Å². The van der Waals surface area contributed by atoms with Gasteiger partial charge in [-0.25, -0.2) is 19.6 Å². The first kappa shape index (κ1) is 18.7. The quantitative estimate of drug-likeness (QED) is 0.375. The van der Waals surface area contributed by atoms with E-state index in [0.29, 0.717) is 5.65 Å². The van der Waals surface area contributed by atoms with Crippen molar-refractivity contribution in [3.63, 3.8) is 0 Å². The van der Waals surface area contributed by atoms with Gasteiger partial charge in [0.1, 0.15) is 23.2 Å². The summed E-state index contributed by atoms with van der Waals surface area (Å²) >= 11 is 1.71. The number of rotatable bonds is 11. The molecule has 1 N–H and O–H groups in total. The summed E-state index contributed by atoms with van der Waals surface area (Å²) in [4.78, 5) is 24.1. The third-order valence-electron chi connectivity index (χ3n) is 3.81. The normalized spacial score (nSPS) is 11.1. The molecule has 0 aromatic carbocycles. The first-order valence-electron chi connectivity index (χ1n) is 8.80. The van der Waals surface area contributed by atoms with Crippen LogP contribution in [0.15, 0.2) is 17.7 Å². The minimum absolute atomic E-state index is 0.152. The Morgan fingerprint density at radius 3 is 2.50 bits per heavy atom. The van der Waals surface area contributed by atoms with Gasteiger partial charge in [0.15, 0.2) is 5.65 Å². The Morgan fingerprint density at radius 1 is 1.08 bits per heavy atom. The maximum atomic E-state index is 11.2. The number of hydrogen-bond acceptors (Lipinski definition) is 5. The Labute approximate surface area is 147 Å². The molecule has 0 spiro atoms. The molecule has 0 fully saturated rings. The summed E-state index contributed by atoms with van der Waals surface area (Å²) in [5.74, 6) is 0.884. The Balaban J connectivity index is 1.75. The zero-order valence-corrected chi connectivity index (χ0v) is 15.4. The maximum absolute atomic E-state index is 11.2. The summed E-state index contributed by atoms with van der Waals surface area (Å²) in [5, 5.41) is 0.882. The SMILES string of the molecule is CCCCCCCCCCSc1ncnc2c1ncn2NC(C)=O. The number of carbonyl (C=O) groups is 1. The molecule has 0 bridgehead atoms. The van der Waals surface area contributed by atoms with Crippen LogP contribution in [0.2, 0.25) is 0 Å². The lowest BCUT2D eigenvalue weighted by atomic mass is 10.1. The van der Waals surface area contributed by atoms with Gasteiger partial charge < -0.3 is 0 Å². The smallest absolute Gasteiger partial charge is 0.235 e. The minimum atomic E-state index is -0.152. The van der Waals surface area contributed by atoms with Crippen LogP contribution in [-0.2, 0) is 4.79 Å². The highest BCUT2D eigenvalue weighted by molar-refractivity contribution is 7.99. The Kier molecular flexibility index (Phi) is 8.01. The van der Waals surface area contributed by atoms with Crippen LogP contribution in [0.3, 0.4) is 0 Å². The summed E-state index contributed by atoms with van der Waals surface area (Å²) in [5.41, 5.74) is 4.06. The number of aromatic nitrogens is 4. The van der Waals surface area contributed by atoms with E-state index in [1.807, 2.05) is 0 Å². The number of nitrogens with one attached hydrogen (secondary N) is 1. The lowest BCUT2D eigenvalue weighted by molar-refractivity contribution is -0.115. The van der Waals surface area contributed by atoms with Gasteiger partial charge in [0.05, 0.1) is 0 Å². The zero-order valence-electron chi connectivity index (χ0n) is 14.6. The van der Waals surface area contributed by atoms with Crippen molar-refractivity contribution in [1.82, 2.24) is 19.6 Å². The van der Waals surface area contributed by atoms with Gasteiger partial charge in [-0.3, -0.25) is 10.2 Å². The number of hydrogen-bond donors (Lipinski definition) is 1. The molecule has 0 aliphatic rings. The second-order valence-electron chi connectivity index (χ2n) is 5.96. The van der Waals surface area contributed by atoms with Crippen LogP contribution in [0.25, 0.3) is 11.2 Å². The van der Waals surface area contributed by atoms with Crippen LogP contribution >= 0.6 is 11.8 Å². The second-order valence-corrected chi connectivity index (χ2v) is 7.04. The molecule has 0 saturated carbocycles. The summed E-state index contributed by atoms with van der Waals surface area (Å²) in [6, 6.07) is 0. The minimum Gasteiger partial charge on any atom is -0.274 e. The van der Waals surface area contributed by atoms with E-state index < -0.39 is 0 Å². The molecule has 2 aromatic heterocycles. The number of carbonyl (C=O) groups excluding carboxylic acids is 1. The van der Waals surface area contributed by atoms with Crippen LogP contribution in [0.4, 0.5) is 0 Å². The van der Waals surface area contributed by atoms with Crippen molar-refractivity contribution in [3.8, 4) is 0 Å². The van der Waals surface area contributed by atoms with E-state index in [-0.39, 0.29) is 5.91 Å². The van der Waals surface area contributed by atoms with Gasteiger partial charge in [-0.1, -0.05) is 51.9 Å². The molecule has 0 aliphatic heterocycles. The highest BCUT2D eigenvalue weighted by Gasteiger charge is 2.11. The van der Waals surface area contributed by atoms with Crippen molar-refractivity contribution >= 4 is 28.8 Å². The van der Waals surface area contributed by atoms with Gasteiger partial charge in [0, 0.05) is 6.92 Å². The Morgan fingerprint density at radius 2 is 1.79 bits per heavy atom. The van der Waals surface area contributed by atoms with Gasteiger partial charge >= 0.3 is 0 Å². The standard InChI is InChI=1S/C17H27N5OS/c1-3-4-5-6-7-8-9-10-11-24-17-15-16(18-12-19-17)22(13-20-15)21-14(2)23/h12-13H,3-11H2,1-2H3,(H,21,23). The van der Waals surface area contributed by atoms with Gasteiger partial charge in [0.2, 0.25) is 5.91 Å². The van der Waals surface area contributed by atoms with Crippen molar-refractivity contribution in [3.05, 3.63) is 12.7 Å². The molecule has 2 heterocycles. The molecule has 0 aliphatic carbocycles. The number of imidazole rings is 1. The number of unbranched alkanes of at least 4 members (excludes halogenated alkanes) is 7. The van der Waals surface area contributed by atoms with E-state index in [1.54, 1.807) is 22.8 Å². The summed E-state index contributed by atoms with van der Waals surface area (Å²) in [7, 11) is 0. The molecule has 2 aromatic rings. The summed E-state index contributed by atoms with van der Waals surface area (Å²) in [6.45, 7) is 3.71. The summed E-state index contributed by atoms with van der Waals surface area (Å²) in [6.07, 6.45) is 13.6. The first-order valence-corrected chi connectivity index (χ1v) is 9.79. The van der Waals surface area contributed by atoms with Crippen molar-refractivity contribution in [2.75, 3.05) is 11.2 Å². The van der Waals surface area contributed by atoms with Crippen molar-refractivity contribution in [1.29, 1.82) is 0 Å². The molecule has 132 valence electrons. The van der Waals surface area contributed by atoms with E-state index in [0.717, 1.165) is 16.3 Å². The second kappa shape index (κ2) is 10.3. The van der Waals surface area contributed by atoms with Crippen LogP contribution in [0.1, 0.15) is 65.2 Å². The predicted octanol–water partition coefficient (Wildman–Crippen LogP) is 4.15. The largest absolute Gasteiger partial charge is 0.274 e. The predicted molar refractivity (Wildman–Crippen MR) is 98.7 cm³/mol. The number of thioether (sulfide) groups is 1. The third kappa shape index (κ3) is 5.78. The average Bonchev–Trinajstić information content (AvgIpc) is 2.96. The van der Waals surface area contributed by atoms with Crippen molar-refractivity contribution in [2.45, 2.75) is 70.2 Å². The van der Waals surface area contributed by atoms with E-state index in [2.05, 4.69) is 27.3 Å². The third-order valence-corrected chi connectivity index (χ3v) is 4.88. The molecule has 0 unspecified atom stereocenters. The highest BCUT2D eigenvalue weighted by atomic mass is 32.2. The van der Waals surface area contributed by atoms with E-state index in [4.69, 9.17) is 0 Å². The fraction of sp³-hybridized carbons (Fsp3) is 0.647. The molecular weight excluding hydrogens is 322 g/mol. The molecule has 2 rings (SSSR count). The van der Waals surface area contributed by atoms with Crippen LogP contribution < -0.4 is 5.43 Å². The molecule has 0 radical (unpaired) electrons. The van der Waals surface area contributed by atoms with Crippen molar-refractivity contribution in [2.24, 2.45) is 0 Å². The number of amides is 1. The maximum Gasteiger partial charge on any atom is 0.235 e. The lowest BCUT2D eigenvalue weighted by Crippen LogP contribution is -2.18. The molecule has 0 saturated heterocycles. The average molecular weight is 350 g/mol. The van der Waals surface area contributed by atoms with E-state index >= 15 is 0 Å². The molecule has 7 heteroatoms. The number of fused-ring (bicyclic) bond motifs is 1. The molecule has 24 heavy (non-hydrogen) atoms. The fourth-order valence-corrected chi connectivity index (χ4v) is 3.52. The van der Waals surface area contributed by atoms with Crippen LogP contribution in [0, 0.1) is 0 Å². The first-order chi connectivity index (χ1) is 11.7. The van der Waals surface area contributed by atoms with Gasteiger partial charge in [-0.2, -0.15) is 0 Å². The highest BCUT2D eigenvalue weighted by Crippen LogP contribution is 2.24. The van der Waals surface area contributed by atoms with E-state index in [1.165, 1.54) is 64.6 Å². The fourth-order valence-electron chi connectivity index (χ4n) is 2.58. The Hall–Kier alpha value is -1.63. The van der Waals surface area contributed by atoms with Crippen LogP contribution in [-0.4, -0.2) is 31.3 Å². The number of nitrogens with zero attached hydrogens (tertiary/aromatic N) is 4. The Bertz CT molecular complexity index is 643. The molecular formula is C17H27N5OS. The van der Waals surface area contributed by atoms with Gasteiger partial charge in [-0.15, -0.1) is 11.8 Å². The monoisotopic (exact) mass is 349 g/mol. The van der Waals surface area contributed by atoms with Crippen LogP contribution in [0.5, 0.6) is 0 Å². The lowest BCUT2D eigenvalue weighted by Gasteiger charge is -2.04. The zero-order chi connectivity index (χ0) is 17.2. The molecule has 6 nitrogen and oxygen atoms in total. The summed E-state index contributed by atoms with van der Waals surface area (Å²) < 4.78 is 1.54. The molecule has 1 amide bonds. The van der Waals surface area contributed by atoms with Gasteiger partial charge in [-0.05, 0) is 12.2 Å². The van der Waals surface area contributed by atoms with Crippen molar-refractivity contribution < 1.29 is 4.79 Å². The van der Waals surface area contributed by atoms with Gasteiger partial charge in [0.25, 0.3) is 0 Å².